The summed E-state index contributed by atoms with van der Waals surface area (Å²) in [5.74, 6) is -2.21. The second-order valence-electron chi connectivity index (χ2n) is 7.52. The molecule has 0 spiro atoms. The van der Waals surface area contributed by atoms with Crippen molar-refractivity contribution in [1.29, 1.82) is 0 Å². The summed E-state index contributed by atoms with van der Waals surface area (Å²) in [6, 6.07) is 14.4. The largest absolute Gasteiger partial charge is 0.484 e. The lowest BCUT2D eigenvalue weighted by atomic mass is 9.96. The number of carbonyl (C=O) groups is 4. The smallest absolute Gasteiger partial charge is 0.347 e. The van der Waals surface area contributed by atoms with E-state index in [4.69, 9.17) is 4.74 Å². The Balaban J connectivity index is 1.39. The highest BCUT2D eigenvalue weighted by Crippen LogP contribution is 2.33. The minimum atomic E-state index is -1.39. The summed E-state index contributed by atoms with van der Waals surface area (Å²) < 4.78 is 6.24. The van der Waals surface area contributed by atoms with Crippen molar-refractivity contribution in [2.75, 3.05) is 13.2 Å². The first kappa shape index (κ1) is 21.8. The molecule has 166 valence electrons. The van der Waals surface area contributed by atoms with E-state index in [1.165, 1.54) is 4.90 Å². The van der Waals surface area contributed by atoms with Crippen LogP contribution in [0.5, 0.6) is 5.75 Å². The Morgan fingerprint density at radius 1 is 1.09 bits per heavy atom. The van der Waals surface area contributed by atoms with E-state index >= 15 is 0 Å². The van der Waals surface area contributed by atoms with Gasteiger partial charge in [0.15, 0.2) is 6.61 Å². The van der Waals surface area contributed by atoms with E-state index in [-0.39, 0.29) is 19.6 Å². The molecule has 2 aliphatic rings. The van der Waals surface area contributed by atoms with Crippen molar-refractivity contribution < 1.29 is 29.0 Å². The van der Waals surface area contributed by atoms with Crippen LogP contribution < -0.4 is 10.1 Å². The molecule has 0 aliphatic carbocycles. The van der Waals surface area contributed by atoms with Gasteiger partial charge < -0.3 is 25.0 Å². The van der Waals surface area contributed by atoms with Crippen LogP contribution in [0, 0.1) is 0 Å². The number of carboxylic acids is 1. The number of ether oxygens (including phenoxy) is 1. The van der Waals surface area contributed by atoms with E-state index in [0.29, 0.717) is 5.75 Å². The van der Waals surface area contributed by atoms with Gasteiger partial charge in [-0.25, -0.2) is 4.79 Å². The fraction of sp³-hybridized carbons (Fsp3) is 0.273. The molecule has 2 saturated heterocycles. The minimum Gasteiger partial charge on any atom is -0.484 e. The SMILES string of the molecule is O=C(COc1ccccc1)N[C@H]1C(=O)N2C1CN(C(=O)Cc1ccc(Br)cc1)C2C(=O)O. The topological polar surface area (TPSA) is 116 Å². The van der Waals surface area contributed by atoms with Crippen LogP contribution in [0.1, 0.15) is 5.56 Å². The zero-order chi connectivity index (χ0) is 22.8. The Hall–Kier alpha value is -3.40. The number of benzene rings is 2. The number of fused-ring (bicyclic) bond motifs is 1. The molecule has 2 aromatic carbocycles. The van der Waals surface area contributed by atoms with Gasteiger partial charge in [-0.05, 0) is 29.8 Å². The summed E-state index contributed by atoms with van der Waals surface area (Å²) in [4.78, 5) is 51.8. The standard InChI is InChI=1S/C22H20BrN3O6/c23-14-8-6-13(7-9-14)10-18(28)25-11-16-19(21(29)26(16)20(25)22(30)31)24-17(27)12-32-15-4-2-1-3-5-15/h1-9,16,19-20H,10-12H2,(H,24,27)(H,30,31)/t16?,19-,20?/m1/s1. The van der Waals surface area contributed by atoms with Gasteiger partial charge in [-0.2, -0.15) is 0 Å². The first-order chi connectivity index (χ1) is 15.3. The molecule has 10 heteroatoms. The molecule has 4 rings (SSSR count). The lowest BCUT2D eigenvalue weighted by molar-refractivity contribution is -0.166. The molecule has 0 aromatic heterocycles. The van der Waals surface area contributed by atoms with E-state index in [2.05, 4.69) is 21.2 Å². The molecule has 2 unspecified atom stereocenters. The number of nitrogens with zero attached hydrogens (tertiary/aromatic N) is 2. The minimum absolute atomic E-state index is 0.00769. The fourth-order valence-electron chi connectivity index (χ4n) is 3.92. The molecule has 32 heavy (non-hydrogen) atoms. The van der Waals surface area contributed by atoms with Gasteiger partial charge in [0.25, 0.3) is 5.91 Å². The van der Waals surface area contributed by atoms with Gasteiger partial charge in [0, 0.05) is 11.0 Å². The van der Waals surface area contributed by atoms with Crippen LogP contribution in [-0.4, -0.2) is 70.0 Å². The number of β-lactam (4-membered cyclic amide) rings is 1. The number of carboxylic acid groups (broad SMARTS) is 1. The maximum atomic E-state index is 12.8. The number of hydrogen-bond donors (Lipinski definition) is 2. The third-order valence-corrected chi connectivity index (χ3v) is 5.97. The van der Waals surface area contributed by atoms with E-state index in [9.17, 15) is 24.3 Å². The molecular weight excluding hydrogens is 482 g/mol. The molecular formula is C22H20BrN3O6. The van der Waals surface area contributed by atoms with Crippen LogP contribution in [0.2, 0.25) is 0 Å². The highest BCUT2D eigenvalue weighted by atomic mass is 79.9. The molecule has 2 fully saturated rings. The maximum Gasteiger partial charge on any atom is 0.347 e. The Morgan fingerprint density at radius 2 is 1.78 bits per heavy atom. The summed E-state index contributed by atoms with van der Waals surface area (Å²) >= 11 is 3.33. The van der Waals surface area contributed by atoms with E-state index < -0.39 is 41.9 Å². The number of nitrogens with one attached hydrogen (secondary N) is 1. The van der Waals surface area contributed by atoms with Crippen molar-refractivity contribution in [2.45, 2.75) is 24.7 Å². The van der Waals surface area contributed by atoms with Crippen molar-refractivity contribution in [3.8, 4) is 5.75 Å². The highest BCUT2D eigenvalue weighted by Gasteiger charge is 2.60. The van der Waals surface area contributed by atoms with Crippen LogP contribution in [0.3, 0.4) is 0 Å². The van der Waals surface area contributed by atoms with Gasteiger partial charge in [0.1, 0.15) is 11.8 Å². The van der Waals surface area contributed by atoms with Gasteiger partial charge in [0.05, 0.1) is 12.5 Å². The number of hydrogen-bond acceptors (Lipinski definition) is 5. The molecule has 2 aromatic rings. The predicted octanol–water partition coefficient (Wildman–Crippen LogP) is 1.02. The van der Waals surface area contributed by atoms with Crippen molar-refractivity contribution in [3.63, 3.8) is 0 Å². The number of carbonyl (C=O) groups excluding carboxylic acids is 3. The number of amides is 3. The fourth-order valence-corrected chi connectivity index (χ4v) is 4.19. The molecule has 2 N–H and O–H groups in total. The lowest BCUT2D eigenvalue weighted by Crippen LogP contribution is -2.71. The lowest BCUT2D eigenvalue weighted by Gasteiger charge is -2.43. The summed E-state index contributed by atoms with van der Waals surface area (Å²) in [7, 11) is 0. The number of halogens is 1. The van der Waals surface area contributed by atoms with E-state index in [1.54, 1.807) is 48.5 Å². The second kappa shape index (κ2) is 8.99. The van der Waals surface area contributed by atoms with Gasteiger partial charge in [-0.3, -0.25) is 14.4 Å². The molecule has 3 atom stereocenters. The zero-order valence-corrected chi connectivity index (χ0v) is 18.4. The highest BCUT2D eigenvalue weighted by molar-refractivity contribution is 9.10. The Labute approximate surface area is 192 Å². The predicted molar refractivity (Wildman–Crippen MR) is 115 cm³/mol. The average molecular weight is 502 g/mol. The Bertz CT molecular complexity index is 1050. The van der Waals surface area contributed by atoms with Crippen LogP contribution in [0.4, 0.5) is 0 Å². The quantitative estimate of drug-likeness (QED) is 0.547. The van der Waals surface area contributed by atoms with Gasteiger partial charge in [-0.1, -0.05) is 46.3 Å². The van der Waals surface area contributed by atoms with E-state index in [0.717, 1.165) is 14.9 Å². The normalized spacial score (nSPS) is 21.5. The van der Waals surface area contributed by atoms with Crippen LogP contribution in [-0.2, 0) is 25.6 Å². The van der Waals surface area contributed by atoms with Gasteiger partial charge in [-0.15, -0.1) is 0 Å². The third kappa shape index (κ3) is 4.31. The van der Waals surface area contributed by atoms with Crippen LogP contribution in [0.15, 0.2) is 59.1 Å². The Morgan fingerprint density at radius 3 is 2.44 bits per heavy atom. The van der Waals surface area contributed by atoms with Gasteiger partial charge >= 0.3 is 5.97 Å². The molecule has 0 radical (unpaired) electrons. The summed E-state index contributed by atoms with van der Waals surface area (Å²) in [5, 5.41) is 12.2. The van der Waals surface area contributed by atoms with Crippen molar-refractivity contribution in [3.05, 3.63) is 64.6 Å². The Kier molecular flexibility index (Phi) is 6.13. The summed E-state index contributed by atoms with van der Waals surface area (Å²) in [6.45, 7) is -0.252. The number of rotatable bonds is 7. The average Bonchev–Trinajstić information content (AvgIpc) is 3.15. The van der Waals surface area contributed by atoms with Crippen molar-refractivity contribution in [1.82, 2.24) is 15.1 Å². The second-order valence-corrected chi connectivity index (χ2v) is 8.44. The molecule has 9 nitrogen and oxygen atoms in total. The molecule has 0 bridgehead atoms. The van der Waals surface area contributed by atoms with Crippen molar-refractivity contribution in [2.24, 2.45) is 0 Å². The molecule has 0 saturated carbocycles. The first-order valence-corrected chi connectivity index (χ1v) is 10.7. The van der Waals surface area contributed by atoms with Crippen molar-refractivity contribution >= 4 is 39.6 Å². The van der Waals surface area contributed by atoms with E-state index in [1.807, 2.05) is 6.07 Å². The maximum absolute atomic E-state index is 12.8. The third-order valence-electron chi connectivity index (χ3n) is 5.44. The summed E-state index contributed by atoms with van der Waals surface area (Å²) in [5.41, 5.74) is 0.728. The van der Waals surface area contributed by atoms with Gasteiger partial charge in [0.2, 0.25) is 18.0 Å². The number of para-hydroxylation sites is 1. The summed E-state index contributed by atoms with van der Waals surface area (Å²) in [6.07, 6.45) is -1.38. The molecule has 3 amide bonds. The van der Waals surface area contributed by atoms with Crippen LogP contribution >= 0.6 is 15.9 Å². The molecule has 2 aliphatic heterocycles. The first-order valence-electron chi connectivity index (χ1n) is 9.91. The molecule has 2 heterocycles. The zero-order valence-electron chi connectivity index (χ0n) is 16.8. The number of aliphatic carboxylic acids is 1. The van der Waals surface area contributed by atoms with Crippen LogP contribution in [0.25, 0.3) is 0 Å². The monoisotopic (exact) mass is 501 g/mol.